The molecule has 1 unspecified atom stereocenters. The summed E-state index contributed by atoms with van der Waals surface area (Å²) in [4.78, 5) is 1.26. The Bertz CT molecular complexity index is 319. The summed E-state index contributed by atoms with van der Waals surface area (Å²) in [5.41, 5.74) is 0. The summed E-state index contributed by atoms with van der Waals surface area (Å²) in [5, 5.41) is 3.42. The molecule has 0 bridgehead atoms. The molecule has 1 aliphatic rings. The lowest BCUT2D eigenvalue weighted by Gasteiger charge is -2.22. The number of ether oxygens (including phenoxy) is 1. The van der Waals surface area contributed by atoms with Gasteiger partial charge in [-0.25, -0.2) is 0 Å². The van der Waals surface area contributed by atoms with Crippen LogP contribution in [0.3, 0.4) is 0 Å². The van der Waals surface area contributed by atoms with Crippen LogP contribution in [0.4, 0.5) is 0 Å². The van der Waals surface area contributed by atoms with Crippen LogP contribution in [-0.4, -0.2) is 19.3 Å². The number of halogens is 2. The van der Waals surface area contributed by atoms with Crippen LogP contribution in [0.1, 0.15) is 24.1 Å². The van der Waals surface area contributed by atoms with Crippen molar-refractivity contribution in [3.8, 4) is 0 Å². The van der Waals surface area contributed by atoms with E-state index in [1.165, 1.54) is 24.1 Å². The number of nitrogens with one attached hydrogen (secondary N) is 1. The molecule has 1 atom stereocenters. The Morgan fingerprint density at radius 1 is 1.56 bits per heavy atom. The molecule has 0 amide bonds. The topological polar surface area (TPSA) is 21.3 Å². The summed E-state index contributed by atoms with van der Waals surface area (Å²) < 4.78 is 7.47. The second kappa shape index (κ2) is 6.36. The molecule has 1 saturated heterocycles. The summed E-state index contributed by atoms with van der Waals surface area (Å²) >= 11 is 11.0. The van der Waals surface area contributed by atoms with Gasteiger partial charge in [0.2, 0.25) is 0 Å². The standard InChI is InChI=1S/C11H15BrClNOS/c12-10-5-9(16-11(10)13)7-14-6-8-3-1-2-4-15-8/h5,8,14H,1-4,6-7H2. The van der Waals surface area contributed by atoms with E-state index in [9.17, 15) is 0 Å². The molecule has 0 spiro atoms. The number of hydrogen-bond donors (Lipinski definition) is 1. The van der Waals surface area contributed by atoms with Crippen molar-refractivity contribution in [2.24, 2.45) is 0 Å². The highest BCUT2D eigenvalue weighted by atomic mass is 79.9. The lowest BCUT2D eigenvalue weighted by molar-refractivity contribution is 0.0168. The van der Waals surface area contributed by atoms with E-state index in [2.05, 4.69) is 27.3 Å². The SMILES string of the molecule is Clc1sc(CNCC2CCCCO2)cc1Br. The monoisotopic (exact) mass is 323 g/mol. The van der Waals surface area contributed by atoms with Crippen LogP contribution in [0.2, 0.25) is 4.34 Å². The maximum Gasteiger partial charge on any atom is 0.107 e. The van der Waals surface area contributed by atoms with Crippen LogP contribution in [0, 0.1) is 0 Å². The van der Waals surface area contributed by atoms with Crippen molar-refractivity contribution in [1.29, 1.82) is 0 Å². The lowest BCUT2D eigenvalue weighted by atomic mass is 10.1. The van der Waals surface area contributed by atoms with Crippen molar-refractivity contribution in [3.63, 3.8) is 0 Å². The van der Waals surface area contributed by atoms with Gasteiger partial charge in [0.1, 0.15) is 4.34 Å². The molecule has 2 rings (SSSR count). The Labute approximate surface area is 113 Å². The molecule has 5 heteroatoms. The van der Waals surface area contributed by atoms with E-state index < -0.39 is 0 Å². The number of thiophene rings is 1. The van der Waals surface area contributed by atoms with Crippen LogP contribution < -0.4 is 5.32 Å². The van der Waals surface area contributed by atoms with Crippen molar-refractivity contribution < 1.29 is 4.74 Å². The molecule has 16 heavy (non-hydrogen) atoms. The molecule has 0 aromatic carbocycles. The van der Waals surface area contributed by atoms with E-state index in [4.69, 9.17) is 16.3 Å². The molecule has 0 saturated carbocycles. The lowest BCUT2D eigenvalue weighted by Crippen LogP contribution is -2.31. The quantitative estimate of drug-likeness (QED) is 0.909. The fourth-order valence-corrected chi connectivity index (χ4v) is 3.56. The Morgan fingerprint density at radius 3 is 3.06 bits per heavy atom. The Hall–Kier alpha value is 0.390. The van der Waals surface area contributed by atoms with Gasteiger partial charge in [-0.15, -0.1) is 11.3 Å². The fourth-order valence-electron chi connectivity index (χ4n) is 1.80. The van der Waals surface area contributed by atoms with Gasteiger partial charge in [-0.2, -0.15) is 0 Å². The van der Waals surface area contributed by atoms with Crippen molar-refractivity contribution >= 4 is 38.9 Å². The minimum absolute atomic E-state index is 0.396. The average molecular weight is 325 g/mol. The van der Waals surface area contributed by atoms with Crippen LogP contribution in [0.25, 0.3) is 0 Å². The van der Waals surface area contributed by atoms with Gasteiger partial charge >= 0.3 is 0 Å². The predicted octanol–water partition coefficient (Wildman–Crippen LogP) is 3.82. The summed E-state index contributed by atoms with van der Waals surface area (Å²) in [5.74, 6) is 0. The molecule has 1 aliphatic heterocycles. The molecule has 2 heterocycles. The molecule has 1 aromatic heterocycles. The third-order valence-electron chi connectivity index (χ3n) is 2.64. The summed E-state index contributed by atoms with van der Waals surface area (Å²) in [6.45, 7) is 2.73. The second-order valence-electron chi connectivity index (χ2n) is 3.95. The number of hydrogen-bond acceptors (Lipinski definition) is 3. The zero-order valence-corrected chi connectivity index (χ0v) is 12.1. The van der Waals surface area contributed by atoms with Gasteiger partial charge in [0.15, 0.2) is 0 Å². The van der Waals surface area contributed by atoms with Crippen LogP contribution in [0.15, 0.2) is 10.5 Å². The van der Waals surface area contributed by atoms with Crippen LogP contribution >= 0.6 is 38.9 Å². The molecular weight excluding hydrogens is 310 g/mol. The van der Waals surface area contributed by atoms with E-state index in [1.54, 1.807) is 11.3 Å². The summed E-state index contributed by atoms with van der Waals surface area (Å²) in [6, 6.07) is 2.07. The molecule has 0 radical (unpaired) electrons. The van der Waals surface area contributed by atoms with Gasteiger partial charge in [0, 0.05) is 29.0 Å². The first-order chi connectivity index (χ1) is 7.75. The average Bonchev–Trinajstić information content (AvgIpc) is 2.60. The third-order valence-corrected chi connectivity index (χ3v) is 5.12. The summed E-state index contributed by atoms with van der Waals surface area (Å²) in [7, 11) is 0. The minimum atomic E-state index is 0.396. The molecule has 90 valence electrons. The van der Waals surface area contributed by atoms with E-state index in [1.807, 2.05) is 0 Å². The van der Waals surface area contributed by atoms with Crippen molar-refractivity contribution in [3.05, 3.63) is 19.8 Å². The maximum atomic E-state index is 5.98. The van der Waals surface area contributed by atoms with Crippen molar-refractivity contribution in [2.45, 2.75) is 31.9 Å². The van der Waals surface area contributed by atoms with Gasteiger partial charge in [0.05, 0.1) is 6.10 Å². The molecule has 1 N–H and O–H groups in total. The number of rotatable bonds is 4. The Kier molecular flexibility index (Phi) is 5.10. The molecular formula is C11H15BrClNOS. The van der Waals surface area contributed by atoms with Crippen LogP contribution in [0.5, 0.6) is 0 Å². The molecule has 0 aliphatic carbocycles. The Morgan fingerprint density at radius 2 is 2.44 bits per heavy atom. The predicted molar refractivity (Wildman–Crippen MR) is 72.3 cm³/mol. The second-order valence-corrected chi connectivity index (χ2v) is 6.55. The first-order valence-electron chi connectivity index (χ1n) is 5.52. The van der Waals surface area contributed by atoms with Crippen molar-refractivity contribution in [1.82, 2.24) is 5.32 Å². The highest BCUT2D eigenvalue weighted by Crippen LogP contribution is 2.31. The molecule has 2 nitrogen and oxygen atoms in total. The van der Waals surface area contributed by atoms with Gasteiger partial charge in [0.25, 0.3) is 0 Å². The van der Waals surface area contributed by atoms with E-state index in [-0.39, 0.29) is 0 Å². The van der Waals surface area contributed by atoms with Gasteiger partial charge in [-0.3, -0.25) is 0 Å². The van der Waals surface area contributed by atoms with Crippen molar-refractivity contribution in [2.75, 3.05) is 13.2 Å². The minimum Gasteiger partial charge on any atom is -0.377 e. The summed E-state index contributed by atoms with van der Waals surface area (Å²) in [6.07, 6.45) is 4.09. The van der Waals surface area contributed by atoms with E-state index in [0.29, 0.717) is 6.10 Å². The third kappa shape index (κ3) is 3.70. The van der Waals surface area contributed by atoms with Crippen LogP contribution in [-0.2, 0) is 11.3 Å². The largest absolute Gasteiger partial charge is 0.377 e. The van der Waals surface area contributed by atoms with Gasteiger partial charge < -0.3 is 10.1 Å². The smallest absolute Gasteiger partial charge is 0.107 e. The molecule has 1 fully saturated rings. The van der Waals surface area contributed by atoms with Gasteiger partial charge in [-0.05, 0) is 41.3 Å². The van der Waals surface area contributed by atoms with Gasteiger partial charge in [-0.1, -0.05) is 11.6 Å². The highest BCUT2D eigenvalue weighted by molar-refractivity contribution is 9.10. The maximum absolute atomic E-state index is 5.98. The van der Waals surface area contributed by atoms with E-state index in [0.717, 1.165) is 28.5 Å². The highest BCUT2D eigenvalue weighted by Gasteiger charge is 2.13. The first-order valence-corrected chi connectivity index (χ1v) is 7.50. The first kappa shape index (κ1) is 12.8. The normalized spacial score (nSPS) is 21.2. The Balaban J connectivity index is 1.71. The zero-order chi connectivity index (χ0) is 11.4. The zero-order valence-electron chi connectivity index (χ0n) is 8.97. The van der Waals surface area contributed by atoms with E-state index >= 15 is 0 Å². The fraction of sp³-hybridized carbons (Fsp3) is 0.636. The molecule has 1 aromatic rings.